The van der Waals surface area contributed by atoms with Crippen molar-refractivity contribution in [3.63, 3.8) is 0 Å². The van der Waals surface area contributed by atoms with Crippen LogP contribution in [0.15, 0.2) is 30.3 Å². The predicted octanol–water partition coefficient (Wildman–Crippen LogP) is 4.64. The summed E-state index contributed by atoms with van der Waals surface area (Å²) in [7, 11) is 0. The van der Waals surface area contributed by atoms with Crippen molar-refractivity contribution in [3.8, 4) is 0 Å². The molecular formula is C20H29NO. The van der Waals surface area contributed by atoms with Gasteiger partial charge in [0.05, 0.1) is 0 Å². The minimum atomic E-state index is -0.0324. The SMILES string of the molecule is NC(=O)C(C1CCCCC1)C1CCC(c2ccccc2)CC1. The number of amides is 1. The van der Waals surface area contributed by atoms with Crippen LogP contribution in [0.25, 0.3) is 0 Å². The zero-order chi connectivity index (χ0) is 15.4. The molecule has 2 aliphatic carbocycles. The van der Waals surface area contributed by atoms with Gasteiger partial charge < -0.3 is 5.73 Å². The molecule has 0 bridgehead atoms. The molecule has 1 unspecified atom stereocenters. The normalized spacial score (nSPS) is 28.2. The third-order valence-corrected chi connectivity index (χ3v) is 6.04. The first kappa shape index (κ1) is 15.6. The molecule has 0 aromatic heterocycles. The monoisotopic (exact) mass is 299 g/mol. The lowest BCUT2D eigenvalue weighted by Crippen LogP contribution is -2.38. The third-order valence-electron chi connectivity index (χ3n) is 6.04. The van der Waals surface area contributed by atoms with E-state index in [4.69, 9.17) is 5.73 Å². The number of hydrogen-bond acceptors (Lipinski definition) is 1. The second kappa shape index (κ2) is 7.30. The van der Waals surface area contributed by atoms with Crippen molar-refractivity contribution >= 4 is 5.91 Å². The van der Waals surface area contributed by atoms with E-state index in [0.29, 0.717) is 17.8 Å². The van der Waals surface area contributed by atoms with Crippen LogP contribution in [0.4, 0.5) is 0 Å². The van der Waals surface area contributed by atoms with Crippen LogP contribution < -0.4 is 5.73 Å². The lowest BCUT2D eigenvalue weighted by atomic mass is 9.67. The molecule has 2 N–H and O–H groups in total. The maximum absolute atomic E-state index is 12.1. The van der Waals surface area contributed by atoms with Gasteiger partial charge in [-0.25, -0.2) is 0 Å². The fourth-order valence-corrected chi connectivity index (χ4v) is 4.88. The van der Waals surface area contributed by atoms with Crippen molar-refractivity contribution in [2.45, 2.75) is 63.7 Å². The number of carbonyl (C=O) groups is 1. The minimum absolute atomic E-state index is 0.0324. The predicted molar refractivity (Wildman–Crippen MR) is 90.4 cm³/mol. The summed E-state index contributed by atoms with van der Waals surface area (Å²) in [6.07, 6.45) is 11.1. The lowest BCUT2D eigenvalue weighted by Gasteiger charge is -2.38. The molecule has 0 saturated heterocycles. The molecule has 1 atom stereocenters. The Morgan fingerprint density at radius 1 is 0.864 bits per heavy atom. The Labute approximate surface area is 134 Å². The Morgan fingerprint density at radius 3 is 2.05 bits per heavy atom. The summed E-state index contributed by atoms with van der Waals surface area (Å²) in [6.45, 7) is 0. The summed E-state index contributed by atoms with van der Waals surface area (Å²) in [6, 6.07) is 10.8. The first-order valence-corrected chi connectivity index (χ1v) is 9.10. The first-order chi connectivity index (χ1) is 10.8. The van der Waals surface area contributed by atoms with Gasteiger partial charge in [0.1, 0.15) is 0 Å². The molecule has 3 rings (SSSR count). The van der Waals surface area contributed by atoms with Gasteiger partial charge >= 0.3 is 0 Å². The van der Waals surface area contributed by atoms with E-state index in [0.717, 1.165) is 0 Å². The summed E-state index contributed by atoms with van der Waals surface area (Å²) in [5.41, 5.74) is 7.27. The van der Waals surface area contributed by atoms with E-state index in [-0.39, 0.29) is 11.8 Å². The van der Waals surface area contributed by atoms with Gasteiger partial charge in [-0.2, -0.15) is 0 Å². The van der Waals surface area contributed by atoms with Crippen LogP contribution in [-0.2, 0) is 4.79 Å². The van der Waals surface area contributed by atoms with Crippen molar-refractivity contribution < 1.29 is 4.79 Å². The molecule has 0 heterocycles. The third kappa shape index (κ3) is 3.53. The summed E-state index contributed by atoms with van der Waals surface area (Å²) < 4.78 is 0. The quantitative estimate of drug-likeness (QED) is 0.864. The van der Waals surface area contributed by atoms with E-state index < -0.39 is 0 Å². The zero-order valence-corrected chi connectivity index (χ0v) is 13.5. The van der Waals surface area contributed by atoms with Crippen LogP contribution in [-0.4, -0.2) is 5.91 Å². The van der Waals surface area contributed by atoms with Gasteiger partial charge in [0.25, 0.3) is 0 Å². The molecule has 2 saturated carbocycles. The number of carbonyl (C=O) groups excluding carboxylic acids is 1. The molecule has 22 heavy (non-hydrogen) atoms. The molecule has 0 radical (unpaired) electrons. The smallest absolute Gasteiger partial charge is 0.221 e. The highest BCUT2D eigenvalue weighted by atomic mass is 16.1. The van der Waals surface area contributed by atoms with Crippen LogP contribution in [0.3, 0.4) is 0 Å². The van der Waals surface area contributed by atoms with Crippen molar-refractivity contribution in [2.75, 3.05) is 0 Å². The van der Waals surface area contributed by atoms with Crippen LogP contribution in [0, 0.1) is 17.8 Å². The fourth-order valence-electron chi connectivity index (χ4n) is 4.88. The van der Waals surface area contributed by atoms with E-state index >= 15 is 0 Å². The highest BCUT2D eigenvalue weighted by molar-refractivity contribution is 5.77. The van der Waals surface area contributed by atoms with Gasteiger partial charge in [0.2, 0.25) is 5.91 Å². The van der Waals surface area contributed by atoms with E-state index in [1.807, 2.05) is 0 Å². The Hall–Kier alpha value is -1.31. The van der Waals surface area contributed by atoms with Crippen LogP contribution in [0.5, 0.6) is 0 Å². The number of benzene rings is 1. The van der Waals surface area contributed by atoms with E-state index in [1.54, 1.807) is 0 Å². The highest BCUT2D eigenvalue weighted by Crippen LogP contribution is 2.43. The Morgan fingerprint density at radius 2 is 1.45 bits per heavy atom. The van der Waals surface area contributed by atoms with Crippen molar-refractivity contribution in [1.29, 1.82) is 0 Å². The molecule has 2 nitrogen and oxygen atoms in total. The van der Waals surface area contributed by atoms with Gasteiger partial charge in [-0.1, -0.05) is 49.6 Å². The molecule has 1 aromatic carbocycles. The van der Waals surface area contributed by atoms with Crippen molar-refractivity contribution in [1.82, 2.24) is 0 Å². The summed E-state index contributed by atoms with van der Waals surface area (Å²) in [5.74, 6) is 1.87. The van der Waals surface area contributed by atoms with E-state index in [1.165, 1.54) is 63.4 Å². The topological polar surface area (TPSA) is 43.1 Å². The number of hydrogen-bond donors (Lipinski definition) is 1. The maximum Gasteiger partial charge on any atom is 0.221 e. The molecule has 1 aromatic rings. The van der Waals surface area contributed by atoms with Gasteiger partial charge in [0, 0.05) is 5.92 Å². The Balaban J connectivity index is 1.62. The van der Waals surface area contributed by atoms with Crippen molar-refractivity contribution in [2.24, 2.45) is 23.5 Å². The minimum Gasteiger partial charge on any atom is -0.369 e. The second-order valence-corrected chi connectivity index (χ2v) is 7.35. The average Bonchev–Trinajstić information content (AvgIpc) is 2.57. The standard InChI is InChI=1S/C20H29NO/c21-20(22)19(17-9-5-2-6-10-17)18-13-11-16(12-14-18)15-7-3-1-4-8-15/h1,3-4,7-8,16-19H,2,5-6,9-14H2,(H2,21,22). The molecule has 2 heteroatoms. The van der Waals surface area contributed by atoms with Gasteiger partial charge in [0.15, 0.2) is 0 Å². The Kier molecular flexibility index (Phi) is 5.17. The molecule has 0 aliphatic heterocycles. The summed E-state index contributed by atoms with van der Waals surface area (Å²) >= 11 is 0. The Bertz CT molecular complexity index is 470. The van der Waals surface area contributed by atoms with Crippen LogP contribution in [0.2, 0.25) is 0 Å². The van der Waals surface area contributed by atoms with Gasteiger partial charge in [-0.15, -0.1) is 0 Å². The number of rotatable bonds is 4. The van der Waals surface area contributed by atoms with Crippen LogP contribution >= 0.6 is 0 Å². The lowest BCUT2D eigenvalue weighted by molar-refractivity contribution is -0.126. The molecule has 0 spiro atoms. The molecule has 120 valence electrons. The van der Waals surface area contributed by atoms with E-state index in [9.17, 15) is 4.79 Å². The second-order valence-electron chi connectivity index (χ2n) is 7.35. The van der Waals surface area contributed by atoms with Crippen LogP contribution in [0.1, 0.15) is 69.3 Å². The van der Waals surface area contributed by atoms with Gasteiger partial charge in [-0.3, -0.25) is 4.79 Å². The number of primary amides is 1. The first-order valence-electron chi connectivity index (χ1n) is 9.10. The molecular weight excluding hydrogens is 270 g/mol. The highest BCUT2D eigenvalue weighted by Gasteiger charge is 2.36. The number of nitrogens with two attached hydrogens (primary N) is 1. The fraction of sp³-hybridized carbons (Fsp3) is 0.650. The average molecular weight is 299 g/mol. The molecule has 1 amide bonds. The molecule has 2 aliphatic rings. The van der Waals surface area contributed by atoms with Crippen molar-refractivity contribution in [3.05, 3.63) is 35.9 Å². The van der Waals surface area contributed by atoms with E-state index in [2.05, 4.69) is 30.3 Å². The maximum atomic E-state index is 12.1. The summed E-state index contributed by atoms with van der Waals surface area (Å²) in [4.78, 5) is 12.1. The largest absolute Gasteiger partial charge is 0.369 e. The zero-order valence-electron chi connectivity index (χ0n) is 13.5. The van der Waals surface area contributed by atoms with Gasteiger partial charge in [-0.05, 0) is 61.8 Å². The summed E-state index contributed by atoms with van der Waals surface area (Å²) in [5, 5.41) is 0. The molecule has 2 fully saturated rings.